The maximum atomic E-state index is 12.3. The van der Waals surface area contributed by atoms with E-state index in [2.05, 4.69) is 15.3 Å². The van der Waals surface area contributed by atoms with E-state index in [4.69, 9.17) is 5.11 Å². The van der Waals surface area contributed by atoms with Crippen LogP contribution in [0.1, 0.15) is 10.5 Å². The van der Waals surface area contributed by atoms with Crippen molar-refractivity contribution in [3.05, 3.63) is 48.4 Å². The molecular formula is C16H15N3O3. The van der Waals surface area contributed by atoms with Crippen molar-refractivity contribution in [2.24, 2.45) is 0 Å². The van der Waals surface area contributed by atoms with Gasteiger partial charge >= 0.3 is 0 Å². The zero-order chi connectivity index (χ0) is 15.5. The van der Waals surface area contributed by atoms with Crippen molar-refractivity contribution in [3.8, 4) is 16.9 Å². The van der Waals surface area contributed by atoms with Gasteiger partial charge in [-0.15, -0.1) is 0 Å². The van der Waals surface area contributed by atoms with Crippen LogP contribution in [0.5, 0.6) is 5.75 Å². The first-order chi connectivity index (χ1) is 10.7. The van der Waals surface area contributed by atoms with E-state index in [0.29, 0.717) is 5.69 Å². The predicted molar refractivity (Wildman–Crippen MR) is 82.6 cm³/mol. The lowest BCUT2D eigenvalue weighted by Crippen LogP contribution is -2.27. The van der Waals surface area contributed by atoms with E-state index in [1.165, 1.54) is 0 Å². The normalized spacial score (nSPS) is 10.8. The lowest BCUT2D eigenvalue weighted by Gasteiger charge is -2.06. The van der Waals surface area contributed by atoms with Crippen molar-refractivity contribution < 1.29 is 15.0 Å². The molecule has 0 fully saturated rings. The highest BCUT2D eigenvalue weighted by atomic mass is 16.3. The molecule has 2 aromatic heterocycles. The number of H-pyrrole nitrogens is 1. The van der Waals surface area contributed by atoms with Gasteiger partial charge in [0.15, 0.2) is 0 Å². The first kappa shape index (κ1) is 14.1. The third kappa shape index (κ3) is 2.51. The number of phenols is 1. The number of nitrogens with one attached hydrogen (secondary N) is 2. The number of carbonyl (C=O) groups is 1. The quantitative estimate of drug-likeness (QED) is 0.588. The summed E-state index contributed by atoms with van der Waals surface area (Å²) >= 11 is 0. The molecule has 0 spiro atoms. The fourth-order valence-electron chi connectivity index (χ4n) is 2.40. The molecule has 2 heterocycles. The van der Waals surface area contributed by atoms with E-state index in [-0.39, 0.29) is 24.8 Å². The predicted octanol–water partition coefficient (Wildman–Crippen LogP) is 1.66. The van der Waals surface area contributed by atoms with Crippen molar-refractivity contribution in [1.82, 2.24) is 15.3 Å². The minimum atomic E-state index is -0.298. The molecule has 0 unspecified atom stereocenters. The van der Waals surface area contributed by atoms with Gasteiger partial charge in [-0.2, -0.15) is 0 Å². The Morgan fingerprint density at radius 2 is 2.00 bits per heavy atom. The molecule has 0 atom stereocenters. The summed E-state index contributed by atoms with van der Waals surface area (Å²) in [4.78, 5) is 19.4. The Morgan fingerprint density at radius 3 is 2.73 bits per heavy atom. The number of hydrogen-bond acceptors (Lipinski definition) is 4. The number of pyridine rings is 1. The molecule has 3 rings (SSSR count). The summed E-state index contributed by atoms with van der Waals surface area (Å²) in [5.74, 6) is -0.134. The number of aromatic hydroxyl groups is 1. The molecule has 0 aliphatic rings. The summed E-state index contributed by atoms with van der Waals surface area (Å²) < 4.78 is 0. The Morgan fingerprint density at radius 1 is 1.23 bits per heavy atom. The van der Waals surface area contributed by atoms with Crippen LogP contribution in [0.3, 0.4) is 0 Å². The maximum Gasteiger partial charge on any atom is 0.268 e. The standard InChI is InChI=1S/C16H15N3O3/c20-8-7-18-16(22)15-14(10-1-3-11(21)4-2-10)12-5-6-17-9-13(12)19-15/h1-6,9,19-21H,7-8H2,(H,18,22). The fourth-order valence-corrected chi connectivity index (χ4v) is 2.40. The molecule has 112 valence electrons. The van der Waals surface area contributed by atoms with Gasteiger partial charge in [0.2, 0.25) is 0 Å². The lowest BCUT2D eigenvalue weighted by molar-refractivity contribution is 0.0941. The van der Waals surface area contributed by atoms with Gasteiger partial charge < -0.3 is 20.5 Å². The molecule has 0 radical (unpaired) electrons. The van der Waals surface area contributed by atoms with Crippen LogP contribution < -0.4 is 5.32 Å². The van der Waals surface area contributed by atoms with E-state index in [9.17, 15) is 9.90 Å². The number of carbonyl (C=O) groups excluding carboxylic acids is 1. The Balaban J connectivity index is 2.16. The lowest BCUT2D eigenvalue weighted by atomic mass is 10.0. The zero-order valence-electron chi connectivity index (χ0n) is 11.7. The second kappa shape index (κ2) is 5.87. The van der Waals surface area contributed by atoms with Crippen molar-refractivity contribution in [1.29, 1.82) is 0 Å². The number of aromatic amines is 1. The van der Waals surface area contributed by atoms with Gasteiger partial charge in [-0.1, -0.05) is 12.1 Å². The minimum Gasteiger partial charge on any atom is -0.508 e. The van der Waals surface area contributed by atoms with E-state index >= 15 is 0 Å². The number of aliphatic hydroxyl groups excluding tert-OH is 1. The highest BCUT2D eigenvalue weighted by molar-refractivity contribution is 6.09. The number of phenolic OH excluding ortho intramolecular Hbond substituents is 1. The second-order valence-corrected chi connectivity index (χ2v) is 4.82. The van der Waals surface area contributed by atoms with Crippen LogP contribution in [-0.2, 0) is 0 Å². The second-order valence-electron chi connectivity index (χ2n) is 4.82. The van der Waals surface area contributed by atoms with Crippen molar-refractivity contribution in [2.45, 2.75) is 0 Å². The molecule has 0 aliphatic carbocycles. The molecule has 0 saturated heterocycles. The van der Waals surface area contributed by atoms with Crippen LogP contribution in [0, 0.1) is 0 Å². The summed E-state index contributed by atoms with van der Waals surface area (Å²) in [6.45, 7) is 0.0591. The highest BCUT2D eigenvalue weighted by Crippen LogP contribution is 2.32. The Bertz CT molecular complexity index is 809. The molecule has 6 nitrogen and oxygen atoms in total. The molecule has 0 bridgehead atoms. The van der Waals surface area contributed by atoms with Crippen LogP contribution in [0.2, 0.25) is 0 Å². The van der Waals surface area contributed by atoms with Gasteiger partial charge in [-0.05, 0) is 23.8 Å². The Kier molecular flexibility index (Phi) is 3.76. The van der Waals surface area contributed by atoms with Crippen molar-refractivity contribution in [2.75, 3.05) is 13.2 Å². The number of aliphatic hydroxyl groups is 1. The summed E-state index contributed by atoms with van der Waals surface area (Å²) in [7, 11) is 0. The van der Waals surface area contributed by atoms with Gasteiger partial charge in [0, 0.05) is 23.7 Å². The summed E-state index contributed by atoms with van der Waals surface area (Å²) in [6, 6.07) is 8.48. The van der Waals surface area contributed by atoms with Gasteiger partial charge in [-0.25, -0.2) is 0 Å². The smallest absolute Gasteiger partial charge is 0.268 e. The van der Waals surface area contributed by atoms with Crippen LogP contribution >= 0.6 is 0 Å². The van der Waals surface area contributed by atoms with Crippen LogP contribution in [0.15, 0.2) is 42.7 Å². The number of amides is 1. The maximum absolute atomic E-state index is 12.3. The van der Waals surface area contributed by atoms with Crippen LogP contribution in [0.25, 0.3) is 22.0 Å². The number of fused-ring (bicyclic) bond motifs is 1. The number of aromatic nitrogens is 2. The Labute approximate surface area is 126 Å². The number of hydrogen-bond donors (Lipinski definition) is 4. The first-order valence-electron chi connectivity index (χ1n) is 6.85. The third-order valence-corrected chi connectivity index (χ3v) is 3.38. The first-order valence-corrected chi connectivity index (χ1v) is 6.85. The van der Waals surface area contributed by atoms with E-state index in [0.717, 1.165) is 22.0 Å². The summed E-state index contributed by atoms with van der Waals surface area (Å²) in [5.41, 5.74) is 2.71. The van der Waals surface area contributed by atoms with E-state index in [1.54, 1.807) is 36.7 Å². The van der Waals surface area contributed by atoms with Crippen LogP contribution in [-0.4, -0.2) is 39.2 Å². The van der Waals surface area contributed by atoms with Crippen LogP contribution in [0.4, 0.5) is 0 Å². The largest absolute Gasteiger partial charge is 0.508 e. The molecule has 3 aromatic rings. The van der Waals surface area contributed by atoms with Crippen molar-refractivity contribution >= 4 is 16.8 Å². The molecular weight excluding hydrogens is 282 g/mol. The van der Waals surface area contributed by atoms with Gasteiger partial charge in [-0.3, -0.25) is 9.78 Å². The monoisotopic (exact) mass is 297 g/mol. The molecule has 4 N–H and O–H groups in total. The third-order valence-electron chi connectivity index (χ3n) is 3.38. The van der Waals surface area contributed by atoms with E-state index in [1.807, 2.05) is 6.07 Å². The Hall–Kier alpha value is -2.86. The average Bonchev–Trinajstić information content (AvgIpc) is 2.93. The number of benzene rings is 1. The molecule has 0 aliphatic heterocycles. The minimum absolute atomic E-state index is 0.123. The molecule has 22 heavy (non-hydrogen) atoms. The number of rotatable bonds is 4. The fraction of sp³-hybridized carbons (Fsp3) is 0.125. The SMILES string of the molecule is O=C(NCCO)c1[nH]c2cnccc2c1-c1ccc(O)cc1. The molecule has 6 heteroatoms. The summed E-state index contributed by atoms with van der Waals surface area (Å²) in [5, 5.41) is 21.8. The van der Waals surface area contributed by atoms with Gasteiger partial charge in [0.1, 0.15) is 11.4 Å². The topological polar surface area (TPSA) is 98.2 Å². The van der Waals surface area contributed by atoms with E-state index < -0.39 is 0 Å². The molecule has 1 aromatic carbocycles. The number of nitrogens with zero attached hydrogens (tertiary/aromatic N) is 1. The summed E-state index contributed by atoms with van der Waals surface area (Å²) in [6.07, 6.45) is 3.32. The average molecular weight is 297 g/mol. The van der Waals surface area contributed by atoms with Crippen molar-refractivity contribution in [3.63, 3.8) is 0 Å². The zero-order valence-corrected chi connectivity index (χ0v) is 11.7. The molecule has 1 amide bonds. The van der Waals surface area contributed by atoms with Gasteiger partial charge in [0.25, 0.3) is 5.91 Å². The molecule has 0 saturated carbocycles. The van der Waals surface area contributed by atoms with Gasteiger partial charge in [0.05, 0.1) is 18.3 Å². The highest BCUT2D eigenvalue weighted by Gasteiger charge is 2.18.